The third-order valence-corrected chi connectivity index (χ3v) is 3.52. The summed E-state index contributed by atoms with van der Waals surface area (Å²) < 4.78 is 5.78. The van der Waals surface area contributed by atoms with E-state index in [0.717, 1.165) is 9.26 Å². The first-order valence-corrected chi connectivity index (χ1v) is 6.77. The van der Waals surface area contributed by atoms with Crippen LogP contribution in [0.4, 0.5) is 0 Å². The van der Waals surface area contributed by atoms with E-state index in [-0.39, 0.29) is 5.97 Å². The summed E-state index contributed by atoms with van der Waals surface area (Å²) in [4.78, 5) is 11.2. The van der Waals surface area contributed by atoms with Crippen molar-refractivity contribution in [2.24, 2.45) is 0 Å². The molecule has 1 aromatic rings. The molecule has 0 atom stereocenters. The lowest BCUT2D eigenvalue weighted by atomic mass is 10.1. The predicted octanol–water partition coefficient (Wildman–Crippen LogP) is 1.26. The summed E-state index contributed by atoms with van der Waals surface area (Å²) in [6, 6.07) is 5.61. The first-order valence-electron chi connectivity index (χ1n) is 3.93. The van der Waals surface area contributed by atoms with Crippen molar-refractivity contribution in [1.82, 2.24) is 0 Å². The summed E-state index contributed by atoms with van der Waals surface area (Å²) in [6.07, 6.45) is 0. The number of rotatable bonds is 2. The number of hydrogen-bond acceptors (Lipinski definition) is 2. The van der Waals surface area contributed by atoms with Crippen molar-refractivity contribution in [1.29, 1.82) is 0 Å². The normalized spacial score (nSPS) is 9.15. The number of methoxy groups -OCH3 is 1. The first kappa shape index (κ1) is 10.8. The Bertz CT molecular complexity index is 325. The molecule has 0 radical (unpaired) electrons. The fourth-order valence-electron chi connectivity index (χ4n) is 1.15. The topological polar surface area (TPSA) is 26.3 Å². The number of esters is 1. The summed E-state index contributed by atoms with van der Waals surface area (Å²) in [6.45, 7) is 1.89. The second-order valence-electron chi connectivity index (χ2n) is 2.77. The van der Waals surface area contributed by atoms with Gasteiger partial charge in [-0.15, -0.1) is 3.69 Å². The predicted molar refractivity (Wildman–Crippen MR) is 53.8 cm³/mol. The van der Waals surface area contributed by atoms with Gasteiger partial charge in [0.25, 0.3) is 0 Å². The minimum absolute atomic E-state index is 0.291. The molecular weight excluding hydrogens is 200 g/mol. The van der Waals surface area contributed by atoms with Crippen LogP contribution in [-0.4, -0.2) is 32.3 Å². The average Bonchev–Trinajstić information content (AvgIpc) is 2.16. The second-order valence-corrected chi connectivity index (χ2v) is 4.66. The molecule has 13 heavy (non-hydrogen) atoms. The number of carbonyl (C=O) groups excluding carboxylic acids is 1. The van der Waals surface area contributed by atoms with Crippen LogP contribution in [0.1, 0.15) is 15.9 Å². The summed E-state index contributed by atoms with van der Waals surface area (Å²) >= 11 is -0.657. The SMILES string of the molecule is COC(=O)c1cc[c]([Mg][Cl])cc1C. The zero-order valence-electron chi connectivity index (χ0n) is 7.63. The van der Waals surface area contributed by atoms with Gasteiger partial charge in [-0.1, -0.05) is 12.1 Å². The van der Waals surface area contributed by atoms with Gasteiger partial charge in [0.05, 0.1) is 12.7 Å². The lowest BCUT2D eigenvalue weighted by Gasteiger charge is -2.04. The van der Waals surface area contributed by atoms with Gasteiger partial charge in [-0.25, -0.2) is 4.79 Å². The van der Waals surface area contributed by atoms with Crippen molar-refractivity contribution in [2.45, 2.75) is 6.92 Å². The zero-order valence-corrected chi connectivity index (χ0v) is 9.80. The van der Waals surface area contributed by atoms with E-state index in [1.165, 1.54) is 7.11 Å². The molecule has 0 saturated heterocycles. The molecule has 0 saturated carbocycles. The average molecular weight is 209 g/mol. The van der Waals surface area contributed by atoms with Crippen LogP contribution in [0.3, 0.4) is 0 Å². The molecule has 4 heteroatoms. The third-order valence-electron chi connectivity index (χ3n) is 1.85. The molecule has 1 rings (SSSR count). The fraction of sp³-hybridized carbons (Fsp3) is 0.222. The van der Waals surface area contributed by atoms with E-state index in [4.69, 9.17) is 9.07 Å². The molecule has 0 N–H and O–H groups in total. The Morgan fingerprint density at radius 2 is 2.23 bits per heavy atom. The van der Waals surface area contributed by atoms with Gasteiger partial charge in [-0.2, -0.15) is 0 Å². The summed E-state index contributed by atoms with van der Waals surface area (Å²) in [7, 11) is 7.17. The lowest BCUT2D eigenvalue weighted by Crippen LogP contribution is -2.12. The standard InChI is InChI=1S/C9H9O2.ClH.Mg/c1-7-5-3-4-6-8(7)9(10)11-2;;/h4-6H,1-2H3;1H;/q;;+1/p-1. The molecule has 0 bridgehead atoms. The largest absolute Gasteiger partial charge is 0.538 e. The number of ether oxygens (including phenoxy) is 1. The third kappa shape index (κ3) is 2.59. The number of aryl methyl sites for hydroxylation is 1. The van der Waals surface area contributed by atoms with Gasteiger partial charge in [0, 0.05) is 0 Å². The molecule has 0 aromatic heterocycles. The van der Waals surface area contributed by atoms with Crippen molar-refractivity contribution in [3.8, 4) is 0 Å². The van der Waals surface area contributed by atoms with Crippen molar-refractivity contribution < 1.29 is 9.53 Å². The Balaban J connectivity index is 3.05. The molecule has 0 aliphatic rings. The number of halogens is 1. The Morgan fingerprint density at radius 3 is 2.69 bits per heavy atom. The maximum Gasteiger partial charge on any atom is 0.538 e. The highest BCUT2D eigenvalue weighted by molar-refractivity contribution is 7.01. The number of hydrogen-bond donors (Lipinski definition) is 0. The van der Waals surface area contributed by atoms with Crippen molar-refractivity contribution >= 4 is 38.0 Å². The Hall–Kier alpha value is -0.254. The molecule has 1 aromatic carbocycles. The summed E-state index contributed by atoms with van der Waals surface area (Å²) in [5.41, 5.74) is 1.54. The molecular formula is C9H9ClMgO2. The molecule has 0 amide bonds. The van der Waals surface area contributed by atoms with Gasteiger partial charge >= 0.3 is 25.2 Å². The van der Waals surface area contributed by atoms with Crippen molar-refractivity contribution in [3.05, 3.63) is 29.3 Å². The molecule has 0 fully saturated rings. The molecule has 0 heterocycles. The van der Waals surface area contributed by atoms with Crippen LogP contribution in [0.25, 0.3) is 0 Å². The van der Waals surface area contributed by atoms with Gasteiger partial charge in [0.2, 0.25) is 0 Å². The van der Waals surface area contributed by atoms with Crippen LogP contribution < -0.4 is 3.69 Å². The lowest BCUT2D eigenvalue weighted by molar-refractivity contribution is 0.0600. The molecule has 0 spiro atoms. The Morgan fingerprint density at radius 1 is 1.54 bits per heavy atom. The van der Waals surface area contributed by atoms with Crippen LogP contribution in [0, 0.1) is 6.92 Å². The molecule has 0 aliphatic heterocycles. The van der Waals surface area contributed by atoms with Gasteiger partial charge < -0.3 is 13.8 Å². The van der Waals surface area contributed by atoms with Crippen LogP contribution in [0.2, 0.25) is 0 Å². The highest BCUT2D eigenvalue weighted by Gasteiger charge is 2.08. The molecule has 0 aliphatic carbocycles. The maximum atomic E-state index is 11.2. The number of benzene rings is 1. The Labute approximate surface area is 90.7 Å². The number of carbonyl (C=O) groups is 1. The fourth-order valence-corrected chi connectivity index (χ4v) is 2.24. The maximum absolute atomic E-state index is 11.2. The van der Waals surface area contributed by atoms with Gasteiger partial charge in [-0.05, 0) is 18.6 Å². The van der Waals surface area contributed by atoms with E-state index >= 15 is 0 Å². The highest BCUT2D eigenvalue weighted by Crippen LogP contribution is 2.06. The molecule has 66 valence electrons. The van der Waals surface area contributed by atoms with Crippen LogP contribution >= 0.6 is 9.07 Å². The molecule has 2 nitrogen and oxygen atoms in total. The molecule has 0 unspecified atom stereocenters. The van der Waals surface area contributed by atoms with Crippen molar-refractivity contribution in [2.75, 3.05) is 7.11 Å². The van der Waals surface area contributed by atoms with Crippen LogP contribution in [0.5, 0.6) is 0 Å². The van der Waals surface area contributed by atoms with Crippen molar-refractivity contribution in [3.63, 3.8) is 0 Å². The van der Waals surface area contributed by atoms with Crippen LogP contribution in [-0.2, 0) is 4.74 Å². The Kier molecular flexibility index (Phi) is 4.03. The minimum Gasteiger partial charge on any atom is -0.465 e. The van der Waals surface area contributed by atoms with E-state index in [2.05, 4.69) is 4.74 Å². The van der Waals surface area contributed by atoms with E-state index in [1.807, 2.05) is 19.1 Å². The highest BCUT2D eigenvalue weighted by atomic mass is 35.5. The van der Waals surface area contributed by atoms with Gasteiger partial charge in [0.15, 0.2) is 0 Å². The van der Waals surface area contributed by atoms with E-state index in [9.17, 15) is 4.79 Å². The zero-order chi connectivity index (χ0) is 9.84. The van der Waals surface area contributed by atoms with Gasteiger partial charge in [-0.3, -0.25) is 0 Å². The van der Waals surface area contributed by atoms with E-state index < -0.39 is 19.3 Å². The smallest absolute Gasteiger partial charge is 0.465 e. The minimum atomic E-state index is -0.657. The van der Waals surface area contributed by atoms with Gasteiger partial charge in [0.1, 0.15) is 0 Å². The summed E-state index contributed by atoms with van der Waals surface area (Å²) in [5.74, 6) is -0.291. The monoisotopic (exact) mass is 208 g/mol. The van der Waals surface area contributed by atoms with E-state index in [0.29, 0.717) is 5.56 Å². The second kappa shape index (κ2) is 4.84. The van der Waals surface area contributed by atoms with E-state index in [1.54, 1.807) is 6.07 Å². The quantitative estimate of drug-likeness (QED) is 0.541. The van der Waals surface area contributed by atoms with Crippen LogP contribution in [0.15, 0.2) is 18.2 Å². The first-order chi connectivity index (χ1) is 6.19. The summed E-state index contributed by atoms with van der Waals surface area (Å²) in [5, 5.41) is 0.